The molecule has 0 radical (unpaired) electrons. The molecule has 12 heavy (non-hydrogen) atoms. The van der Waals surface area contributed by atoms with Crippen molar-refractivity contribution in [2.75, 3.05) is 6.61 Å². The smallest absolute Gasteiger partial charge is 0.367 e. The van der Waals surface area contributed by atoms with Gasteiger partial charge in [-0.05, 0) is 12.3 Å². The van der Waals surface area contributed by atoms with E-state index >= 15 is 0 Å². The molecule has 1 heterocycles. The molecule has 0 amide bonds. The van der Waals surface area contributed by atoms with E-state index in [9.17, 15) is 13.2 Å². The molecule has 0 aromatic rings. The fourth-order valence-electron chi connectivity index (χ4n) is 1.48. The summed E-state index contributed by atoms with van der Waals surface area (Å²) in [7, 11) is 0. The number of halogens is 3. The molecule has 1 aliphatic heterocycles. The third-order valence-corrected chi connectivity index (χ3v) is 2.00. The lowest BCUT2D eigenvalue weighted by atomic mass is 9.93. The normalized spacial score (nSPS) is 38.2. The Morgan fingerprint density at radius 2 is 2.00 bits per heavy atom. The largest absolute Gasteiger partial charge is 0.414 e. The fourth-order valence-corrected chi connectivity index (χ4v) is 1.48. The van der Waals surface area contributed by atoms with Crippen molar-refractivity contribution in [3.63, 3.8) is 0 Å². The third kappa shape index (κ3) is 2.10. The van der Waals surface area contributed by atoms with Gasteiger partial charge in [-0.3, -0.25) is 0 Å². The second-order valence-corrected chi connectivity index (χ2v) is 3.27. The molecule has 5 heteroatoms. The van der Waals surface area contributed by atoms with E-state index < -0.39 is 18.2 Å². The zero-order valence-electron chi connectivity index (χ0n) is 6.77. The van der Waals surface area contributed by atoms with E-state index in [1.807, 2.05) is 0 Å². The lowest BCUT2D eigenvalue weighted by Crippen LogP contribution is -2.47. The molecule has 1 rings (SSSR count). The van der Waals surface area contributed by atoms with Crippen molar-refractivity contribution in [3.05, 3.63) is 0 Å². The Hall–Kier alpha value is -0.290. The lowest BCUT2D eigenvalue weighted by molar-refractivity contribution is -0.246. The van der Waals surface area contributed by atoms with Crippen molar-refractivity contribution < 1.29 is 17.9 Å². The Labute approximate surface area is 68.9 Å². The molecule has 0 spiro atoms. The van der Waals surface area contributed by atoms with E-state index in [2.05, 4.69) is 4.74 Å². The highest BCUT2D eigenvalue weighted by molar-refractivity contribution is 4.82. The van der Waals surface area contributed by atoms with Crippen molar-refractivity contribution in [1.82, 2.24) is 0 Å². The summed E-state index contributed by atoms with van der Waals surface area (Å²) in [6.07, 6.45) is -5.50. The van der Waals surface area contributed by atoms with Crippen LogP contribution in [0.1, 0.15) is 13.3 Å². The zero-order chi connectivity index (χ0) is 9.35. The highest BCUT2D eigenvalue weighted by Gasteiger charge is 2.46. The van der Waals surface area contributed by atoms with Crippen LogP contribution in [-0.2, 0) is 4.74 Å². The minimum atomic E-state index is -4.25. The molecule has 72 valence electrons. The van der Waals surface area contributed by atoms with Crippen LogP contribution in [0.5, 0.6) is 0 Å². The molecular formula is C7H12F3NO. The first-order valence-corrected chi connectivity index (χ1v) is 3.85. The maximum atomic E-state index is 12.2. The summed E-state index contributed by atoms with van der Waals surface area (Å²) < 4.78 is 41.1. The Bertz CT molecular complexity index is 159. The van der Waals surface area contributed by atoms with E-state index in [0.717, 1.165) is 0 Å². The van der Waals surface area contributed by atoms with Crippen LogP contribution in [0.4, 0.5) is 13.2 Å². The fraction of sp³-hybridized carbons (Fsp3) is 1.00. The van der Waals surface area contributed by atoms with Crippen LogP contribution in [0.15, 0.2) is 0 Å². The van der Waals surface area contributed by atoms with Gasteiger partial charge >= 0.3 is 6.18 Å². The van der Waals surface area contributed by atoms with Crippen molar-refractivity contribution >= 4 is 0 Å². The Kier molecular flexibility index (Phi) is 2.63. The molecule has 0 bridgehead atoms. The molecule has 0 aromatic heterocycles. The summed E-state index contributed by atoms with van der Waals surface area (Å²) in [5.74, 6) is -0.534. The highest BCUT2D eigenvalue weighted by atomic mass is 19.4. The van der Waals surface area contributed by atoms with E-state index in [1.54, 1.807) is 0 Å². The van der Waals surface area contributed by atoms with Crippen molar-refractivity contribution in [1.29, 1.82) is 0 Å². The van der Waals surface area contributed by atoms with Crippen LogP contribution >= 0.6 is 0 Å². The van der Waals surface area contributed by atoms with Gasteiger partial charge in [-0.25, -0.2) is 0 Å². The van der Waals surface area contributed by atoms with Gasteiger partial charge in [0.25, 0.3) is 0 Å². The van der Waals surface area contributed by atoms with E-state index in [0.29, 0.717) is 6.42 Å². The second kappa shape index (κ2) is 3.22. The molecule has 2 nitrogen and oxygen atoms in total. The third-order valence-electron chi connectivity index (χ3n) is 2.00. The van der Waals surface area contributed by atoms with Gasteiger partial charge in [0, 0.05) is 6.04 Å². The Morgan fingerprint density at radius 1 is 1.42 bits per heavy atom. The number of hydrogen-bond acceptors (Lipinski definition) is 2. The predicted molar refractivity (Wildman–Crippen MR) is 37.6 cm³/mol. The summed E-state index contributed by atoms with van der Waals surface area (Å²) in [4.78, 5) is 0. The average Bonchev–Trinajstić information content (AvgIpc) is 1.83. The molecule has 1 fully saturated rings. The maximum Gasteiger partial charge on any atom is 0.414 e. The molecule has 0 saturated carbocycles. The monoisotopic (exact) mass is 183 g/mol. The summed E-state index contributed by atoms with van der Waals surface area (Å²) in [6, 6.07) is -0.251. The van der Waals surface area contributed by atoms with Crippen molar-refractivity contribution in [2.45, 2.75) is 31.7 Å². The van der Waals surface area contributed by atoms with Crippen LogP contribution in [0.2, 0.25) is 0 Å². The van der Waals surface area contributed by atoms with Gasteiger partial charge in [0.1, 0.15) is 0 Å². The quantitative estimate of drug-likeness (QED) is 0.614. The Morgan fingerprint density at radius 3 is 2.42 bits per heavy atom. The van der Waals surface area contributed by atoms with Gasteiger partial charge in [0.15, 0.2) is 6.10 Å². The zero-order valence-corrected chi connectivity index (χ0v) is 6.77. The minimum absolute atomic E-state index is 0.00845. The summed E-state index contributed by atoms with van der Waals surface area (Å²) in [6.45, 7) is 1.52. The molecule has 1 saturated heterocycles. The maximum absolute atomic E-state index is 12.2. The van der Waals surface area contributed by atoms with Gasteiger partial charge in [0.05, 0.1) is 6.61 Å². The molecule has 2 N–H and O–H groups in total. The van der Waals surface area contributed by atoms with Crippen LogP contribution in [-0.4, -0.2) is 24.9 Å². The molecule has 3 unspecified atom stereocenters. The molecule has 0 aliphatic carbocycles. The number of nitrogens with two attached hydrogens (primary N) is 1. The van der Waals surface area contributed by atoms with Crippen molar-refractivity contribution in [3.8, 4) is 0 Å². The van der Waals surface area contributed by atoms with E-state index in [4.69, 9.17) is 5.73 Å². The van der Waals surface area contributed by atoms with Crippen LogP contribution in [0.3, 0.4) is 0 Å². The summed E-state index contributed by atoms with van der Waals surface area (Å²) in [5.41, 5.74) is 5.44. The lowest BCUT2D eigenvalue weighted by Gasteiger charge is -2.33. The first-order valence-electron chi connectivity index (χ1n) is 3.85. The van der Waals surface area contributed by atoms with Crippen molar-refractivity contribution in [2.24, 2.45) is 11.7 Å². The molecular weight excluding hydrogens is 171 g/mol. The van der Waals surface area contributed by atoms with Crippen LogP contribution in [0.25, 0.3) is 0 Å². The van der Waals surface area contributed by atoms with Crippen LogP contribution in [0, 0.1) is 5.92 Å². The van der Waals surface area contributed by atoms with Gasteiger partial charge in [-0.1, -0.05) is 6.92 Å². The first kappa shape index (κ1) is 9.80. The van der Waals surface area contributed by atoms with E-state index in [1.165, 1.54) is 6.92 Å². The summed E-state index contributed by atoms with van der Waals surface area (Å²) >= 11 is 0. The topological polar surface area (TPSA) is 35.2 Å². The second-order valence-electron chi connectivity index (χ2n) is 3.27. The number of hydrogen-bond donors (Lipinski definition) is 1. The number of rotatable bonds is 0. The van der Waals surface area contributed by atoms with Crippen LogP contribution < -0.4 is 5.73 Å². The number of ether oxygens (including phenoxy) is 1. The predicted octanol–water partition coefficient (Wildman–Crippen LogP) is 1.30. The van der Waals surface area contributed by atoms with Gasteiger partial charge in [0.2, 0.25) is 0 Å². The first-order chi connectivity index (χ1) is 5.41. The SMILES string of the molecule is CC1CC(N)COC1C(F)(F)F. The molecule has 3 atom stereocenters. The highest BCUT2D eigenvalue weighted by Crippen LogP contribution is 2.33. The van der Waals surface area contributed by atoms with E-state index in [-0.39, 0.29) is 12.6 Å². The number of alkyl halides is 3. The summed E-state index contributed by atoms with van der Waals surface area (Å²) in [5, 5.41) is 0. The molecule has 1 aliphatic rings. The minimum Gasteiger partial charge on any atom is -0.367 e. The molecule has 0 aromatic carbocycles. The Balaban J connectivity index is 2.57. The average molecular weight is 183 g/mol. The van der Waals surface area contributed by atoms with Gasteiger partial charge < -0.3 is 10.5 Å². The van der Waals surface area contributed by atoms with Gasteiger partial charge in [-0.15, -0.1) is 0 Å². The van der Waals surface area contributed by atoms with Gasteiger partial charge in [-0.2, -0.15) is 13.2 Å². The standard InChI is InChI=1S/C7H12F3NO/c1-4-2-5(11)3-12-6(4)7(8,9)10/h4-6H,2-3,11H2,1H3.